The van der Waals surface area contributed by atoms with Gasteiger partial charge in [0, 0.05) is 5.92 Å². The van der Waals surface area contributed by atoms with E-state index in [1.807, 2.05) is 51.1 Å². The third-order valence-corrected chi connectivity index (χ3v) is 3.40. The Morgan fingerprint density at radius 1 is 1.42 bits per heavy atom. The molecule has 3 N–H and O–H groups in total. The van der Waals surface area contributed by atoms with E-state index in [1.165, 1.54) is 0 Å². The molecule has 0 aliphatic heterocycles. The van der Waals surface area contributed by atoms with Gasteiger partial charge in [-0.25, -0.2) is 4.79 Å². The van der Waals surface area contributed by atoms with Gasteiger partial charge in [0.05, 0.1) is 5.54 Å². The first-order valence-electron chi connectivity index (χ1n) is 6.64. The van der Waals surface area contributed by atoms with Gasteiger partial charge in [-0.3, -0.25) is 0 Å². The molecule has 2 unspecified atom stereocenters. The van der Waals surface area contributed by atoms with Crippen molar-refractivity contribution in [2.24, 2.45) is 11.7 Å². The number of alkyl carbamates (subject to hydrolysis) is 1. The number of amides is 1. The minimum atomic E-state index is -0.491. The van der Waals surface area contributed by atoms with Crippen molar-refractivity contribution in [1.82, 2.24) is 5.32 Å². The molecule has 1 aromatic carbocycles. The van der Waals surface area contributed by atoms with Gasteiger partial charge in [-0.05, 0) is 39.3 Å². The molecule has 1 amide bonds. The zero-order chi connectivity index (χ0) is 14.1. The smallest absolute Gasteiger partial charge is 0.408 e. The molecule has 1 aliphatic rings. The van der Waals surface area contributed by atoms with Gasteiger partial charge in [-0.2, -0.15) is 0 Å². The lowest BCUT2D eigenvalue weighted by Crippen LogP contribution is -2.41. The van der Waals surface area contributed by atoms with E-state index < -0.39 is 5.60 Å². The SMILES string of the molecule is CC(C)(C)OC(=O)NC1(c2ccccc2)CC1CN. The Hall–Kier alpha value is -1.55. The van der Waals surface area contributed by atoms with E-state index in [0.717, 1.165) is 12.0 Å². The number of hydrogen-bond donors (Lipinski definition) is 2. The molecule has 0 aromatic heterocycles. The molecule has 2 rings (SSSR count). The first-order valence-corrected chi connectivity index (χ1v) is 6.64. The molecular formula is C15H22N2O2. The molecule has 2 atom stereocenters. The highest BCUT2D eigenvalue weighted by Crippen LogP contribution is 2.51. The van der Waals surface area contributed by atoms with Crippen LogP contribution in [0.4, 0.5) is 4.79 Å². The fraction of sp³-hybridized carbons (Fsp3) is 0.533. The van der Waals surface area contributed by atoms with Crippen molar-refractivity contribution in [1.29, 1.82) is 0 Å². The summed E-state index contributed by atoms with van der Waals surface area (Å²) >= 11 is 0. The number of rotatable bonds is 3. The summed E-state index contributed by atoms with van der Waals surface area (Å²) < 4.78 is 5.34. The first-order chi connectivity index (χ1) is 8.87. The van der Waals surface area contributed by atoms with E-state index in [0.29, 0.717) is 6.54 Å². The van der Waals surface area contributed by atoms with Crippen molar-refractivity contribution in [2.75, 3.05) is 6.54 Å². The van der Waals surface area contributed by atoms with Crippen molar-refractivity contribution in [3.8, 4) is 0 Å². The molecule has 0 heterocycles. The number of carbonyl (C=O) groups excluding carboxylic acids is 1. The maximum atomic E-state index is 12.0. The minimum Gasteiger partial charge on any atom is -0.444 e. The number of nitrogens with two attached hydrogens (primary N) is 1. The molecular weight excluding hydrogens is 240 g/mol. The van der Waals surface area contributed by atoms with Gasteiger partial charge in [-0.1, -0.05) is 30.3 Å². The van der Waals surface area contributed by atoms with Crippen LogP contribution in [-0.4, -0.2) is 18.2 Å². The molecule has 19 heavy (non-hydrogen) atoms. The molecule has 4 nitrogen and oxygen atoms in total. The summed E-state index contributed by atoms with van der Waals surface area (Å²) in [5.74, 6) is 0.280. The van der Waals surface area contributed by atoms with Crippen LogP contribution in [0.1, 0.15) is 32.8 Å². The minimum absolute atomic E-state index is 0.280. The number of benzene rings is 1. The summed E-state index contributed by atoms with van der Waals surface area (Å²) in [5, 5.41) is 3.00. The zero-order valence-electron chi connectivity index (χ0n) is 11.8. The van der Waals surface area contributed by atoms with E-state index in [2.05, 4.69) is 5.32 Å². The summed E-state index contributed by atoms with van der Waals surface area (Å²) in [5.41, 5.74) is 6.01. The second-order valence-corrected chi connectivity index (χ2v) is 6.10. The number of nitrogens with one attached hydrogen (secondary N) is 1. The Morgan fingerprint density at radius 2 is 2.05 bits per heavy atom. The quantitative estimate of drug-likeness (QED) is 0.879. The van der Waals surface area contributed by atoms with Crippen molar-refractivity contribution in [3.05, 3.63) is 35.9 Å². The van der Waals surface area contributed by atoms with Crippen LogP contribution in [0.5, 0.6) is 0 Å². The number of carbonyl (C=O) groups is 1. The van der Waals surface area contributed by atoms with Crippen LogP contribution in [0.15, 0.2) is 30.3 Å². The maximum Gasteiger partial charge on any atom is 0.408 e. The molecule has 1 fully saturated rings. The van der Waals surface area contributed by atoms with E-state index in [-0.39, 0.29) is 17.6 Å². The van der Waals surface area contributed by atoms with E-state index in [4.69, 9.17) is 10.5 Å². The van der Waals surface area contributed by atoms with Crippen LogP contribution in [0, 0.1) is 5.92 Å². The largest absolute Gasteiger partial charge is 0.444 e. The topological polar surface area (TPSA) is 64.3 Å². The van der Waals surface area contributed by atoms with E-state index in [1.54, 1.807) is 0 Å². The average Bonchev–Trinajstić information content (AvgIpc) is 3.02. The van der Waals surface area contributed by atoms with Crippen LogP contribution in [-0.2, 0) is 10.3 Å². The molecule has 4 heteroatoms. The molecule has 0 spiro atoms. The summed E-state index contributed by atoms with van der Waals surface area (Å²) in [4.78, 5) is 12.0. The van der Waals surface area contributed by atoms with Gasteiger partial charge >= 0.3 is 6.09 Å². The molecule has 0 bridgehead atoms. The van der Waals surface area contributed by atoms with Crippen LogP contribution < -0.4 is 11.1 Å². The van der Waals surface area contributed by atoms with E-state index >= 15 is 0 Å². The zero-order valence-corrected chi connectivity index (χ0v) is 11.8. The Bertz CT molecular complexity index is 453. The standard InChI is InChI=1S/C15H22N2O2/c1-14(2,3)19-13(18)17-15(9-12(15)10-16)11-7-5-4-6-8-11/h4-8,12H,9-10,16H2,1-3H3,(H,17,18). The second kappa shape index (κ2) is 4.85. The second-order valence-electron chi connectivity index (χ2n) is 6.10. The van der Waals surface area contributed by atoms with Gasteiger partial charge in [0.1, 0.15) is 5.60 Å². The van der Waals surface area contributed by atoms with Crippen molar-refractivity contribution >= 4 is 6.09 Å². The molecule has 1 aliphatic carbocycles. The highest BCUT2D eigenvalue weighted by molar-refractivity contribution is 5.70. The first kappa shape index (κ1) is 13.9. The average molecular weight is 262 g/mol. The summed E-state index contributed by atoms with van der Waals surface area (Å²) in [6.45, 7) is 6.13. The molecule has 0 saturated heterocycles. The fourth-order valence-electron chi connectivity index (χ4n) is 2.41. The number of hydrogen-bond acceptors (Lipinski definition) is 3. The van der Waals surface area contributed by atoms with Crippen LogP contribution in [0.3, 0.4) is 0 Å². The third kappa shape index (κ3) is 3.07. The van der Waals surface area contributed by atoms with Gasteiger partial charge in [0.2, 0.25) is 0 Å². The lowest BCUT2D eigenvalue weighted by atomic mass is 10.0. The lowest BCUT2D eigenvalue weighted by molar-refractivity contribution is 0.0490. The summed E-state index contributed by atoms with van der Waals surface area (Å²) in [6, 6.07) is 9.95. The highest BCUT2D eigenvalue weighted by atomic mass is 16.6. The van der Waals surface area contributed by atoms with Gasteiger partial charge in [0.15, 0.2) is 0 Å². The molecule has 1 saturated carbocycles. The third-order valence-electron chi connectivity index (χ3n) is 3.40. The van der Waals surface area contributed by atoms with Crippen molar-refractivity contribution in [2.45, 2.75) is 38.3 Å². The predicted octanol–water partition coefficient (Wildman–Crippen LogP) is 2.39. The van der Waals surface area contributed by atoms with Crippen LogP contribution >= 0.6 is 0 Å². The highest BCUT2D eigenvalue weighted by Gasteiger charge is 2.56. The number of ether oxygens (including phenoxy) is 1. The van der Waals surface area contributed by atoms with Crippen LogP contribution in [0.2, 0.25) is 0 Å². The van der Waals surface area contributed by atoms with Crippen molar-refractivity contribution in [3.63, 3.8) is 0 Å². The predicted molar refractivity (Wildman–Crippen MR) is 74.7 cm³/mol. The maximum absolute atomic E-state index is 12.0. The Kier molecular flexibility index (Phi) is 3.54. The molecule has 1 aromatic rings. The van der Waals surface area contributed by atoms with Gasteiger partial charge < -0.3 is 15.8 Å². The van der Waals surface area contributed by atoms with Crippen molar-refractivity contribution < 1.29 is 9.53 Å². The molecule has 104 valence electrons. The Morgan fingerprint density at radius 3 is 2.53 bits per heavy atom. The Balaban J connectivity index is 2.13. The molecule has 0 radical (unpaired) electrons. The van der Waals surface area contributed by atoms with Crippen LogP contribution in [0.25, 0.3) is 0 Å². The van der Waals surface area contributed by atoms with Gasteiger partial charge in [-0.15, -0.1) is 0 Å². The summed E-state index contributed by atoms with van der Waals surface area (Å²) in [7, 11) is 0. The monoisotopic (exact) mass is 262 g/mol. The Labute approximate surface area is 114 Å². The van der Waals surface area contributed by atoms with E-state index in [9.17, 15) is 4.79 Å². The summed E-state index contributed by atoms with van der Waals surface area (Å²) in [6.07, 6.45) is 0.486. The fourth-order valence-corrected chi connectivity index (χ4v) is 2.41. The van der Waals surface area contributed by atoms with Gasteiger partial charge in [0.25, 0.3) is 0 Å². The normalized spacial score (nSPS) is 25.8. The lowest BCUT2D eigenvalue weighted by Gasteiger charge is -2.24.